The molecule has 0 saturated heterocycles. The average molecular weight is 271 g/mol. The van der Waals surface area contributed by atoms with Crippen LogP contribution >= 0.6 is 0 Å². The predicted molar refractivity (Wildman–Crippen MR) is 80.7 cm³/mol. The van der Waals surface area contributed by atoms with Crippen molar-refractivity contribution in [3.63, 3.8) is 0 Å². The quantitative estimate of drug-likeness (QED) is 0.932. The number of nitrogen functional groups attached to an aromatic ring is 1. The van der Waals surface area contributed by atoms with Crippen LogP contribution in [0.4, 0.5) is 5.82 Å². The van der Waals surface area contributed by atoms with Gasteiger partial charge in [-0.2, -0.15) is 5.10 Å². The van der Waals surface area contributed by atoms with E-state index in [1.807, 2.05) is 25.2 Å². The molecule has 0 unspecified atom stereocenters. The summed E-state index contributed by atoms with van der Waals surface area (Å²) >= 11 is 0. The standard InChI is InChI=1S/C16H21N3O/c1-11-6-5-9-14(20-12-7-3-4-8-12)16(11)13-10-15(17)19(2)18-13/h5-6,9-10,12H,3-4,7-8,17H2,1-2H3. The van der Waals surface area contributed by atoms with Crippen molar-refractivity contribution in [3.8, 4) is 17.0 Å². The van der Waals surface area contributed by atoms with Crippen LogP contribution in [-0.2, 0) is 7.05 Å². The maximum absolute atomic E-state index is 6.20. The van der Waals surface area contributed by atoms with Crippen molar-refractivity contribution in [2.24, 2.45) is 7.05 Å². The number of hydrogen-bond donors (Lipinski definition) is 1. The van der Waals surface area contributed by atoms with Crippen molar-refractivity contribution in [3.05, 3.63) is 29.8 Å². The van der Waals surface area contributed by atoms with Crippen LogP contribution in [0.1, 0.15) is 31.2 Å². The van der Waals surface area contributed by atoms with E-state index in [4.69, 9.17) is 10.5 Å². The molecule has 1 aliphatic carbocycles. The Balaban J connectivity index is 1.99. The number of hydrogen-bond acceptors (Lipinski definition) is 3. The number of nitrogens with zero attached hydrogens (tertiary/aromatic N) is 2. The molecule has 1 aromatic heterocycles. The van der Waals surface area contributed by atoms with Gasteiger partial charge in [0.25, 0.3) is 0 Å². The molecular formula is C16H21N3O. The first-order valence-electron chi connectivity index (χ1n) is 7.21. The van der Waals surface area contributed by atoms with Crippen molar-refractivity contribution in [1.82, 2.24) is 9.78 Å². The number of anilines is 1. The van der Waals surface area contributed by atoms with Gasteiger partial charge in [-0.3, -0.25) is 4.68 Å². The molecule has 0 radical (unpaired) electrons. The Morgan fingerprint density at radius 3 is 2.70 bits per heavy atom. The summed E-state index contributed by atoms with van der Waals surface area (Å²) in [6.45, 7) is 2.09. The minimum atomic E-state index is 0.344. The van der Waals surface area contributed by atoms with E-state index in [1.165, 1.54) is 18.4 Å². The van der Waals surface area contributed by atoms with Gasteiger partial charge in [0.1, 0.15) is 11.6 Å². The van der Waals surface area contributed by atoms with Crippen LogP contribution in [0, 0.1) is 6.92 Å². The van der Waals surface area contributed by atoms with E-state index in [1.54, 1.807) is 4.68 Å². The molecule has 2 N–H and O–H groups in total. The average Bonchev–Trinajstić information content (AvgIpc) is 3.01. The van der Waals surface area contributed by atoms with Gasteiger partial charge in [-0.25, -0.2) is 0 Å². The Hall–Kier alpha value is -1.97. The fraction of sp³-hybridized carbons (Fsp3) is 0.438. The number of aryl methyl sites for hydroxylation is 2. The molecule has 2 aromatic rings. The molecule has 20 heavy (non-hydrogen) atoms. The first kappa shape index (κ1) is 13.0. The summed E-state index contributed by atoms with van der Waals surface area (Å²) in [6, 6.07) is 8.06. The van der Waals surface area contributed by atoms with Crippen molar-refractivity contribution in [1.29, 1.82) is 0 Å². The maximum atomic E-state index is 6.20. The molecule has 0 amide bonds. The van der Waals surface area contributed by atoms with Gasteiger partial charge >= 0.3 is 0 Å². The van der Waals surface area contributed by atoms with Crippen LogP contribution in [0.15, 0.2) is 24.3 Å². The number of aromatic nitrogens is 2. The summed E-state index contributed by atoms with van der Waals surface area (Å²) in [7, 11) is 1.86. The molecule has 0 atom stereocenters. The Morgan fingerprint density at radius 2 is 2.05 bits per heavy atom. The Morgan fingerprint density at radius 1 is 1.30 bits per heavy atom. The highest BCUT2D eigenvalue weighted by molar-refractivity contribution is 5.72. The van der Waals surface area contributed by atoms with Crippen molar-refractivity contribution >= 4 is 5.82 Å². The van der Waals surface area contributed by atoms with Gasteiger partial charge in [-0.05, 0) is 44.2 Å². The largest absolute Gasteiger partial charge is 0.490 e. The van der Waals surface area contributed by atoms with E-state index >= 15 is 0 Å². The summed E-state index contributed by atoms with van der Waals surface area (Å²) in [6.07, 6.45) is 5.18. The van der Waals surface area contributed by atoms with Gasteiger partial charge in [0.15, 0.2) is 0 Å². The van der Waals surface area contributed by atoms with Gasteiger partial charge in [0, 0.05) is 18.7 Å². The highest BCUT2D eigenvalue weighted by Gasteiger charge is 2.20. The molecule has 0 bridgehead atoms. The third kappa shape index (κ3) is 2.38. The second-order valence-electron chi connectivity index (χ2n) is 5.55. The molecule has 1 heterocycles. The smallest absolute Gasteiger partial charge is 0.129 e. The highest BCUT2D eigenvalue weighted by Crippen LogP contribution is 2.35. The first-order valence-corrected chi connectivity index (χ1v) is 7.21. The summed E-state index contributed by atoms with van der Waals surface area (Å²) in [5.74, 6) is 1.59. The number of nitrogens with two attached hydrogens (primary N) is 1. The van der Waals surface area contributed by atoms with Crippen LogP contribution < -0.4 is 10.5 Å². The molecule has 3 rings (SSSR count). The van der Waals surface area contributed by atoms with E-state index in [-0.39, 0.29) is 0 Å². The summed E-state index contributed by atoms with van der Waals surface area (Å²) < 4.78 is 7.90. The van der Waals surface area contributed by atoms with Crippen LogP contribution in [0.2, 0.25) is 0 Å². The van der Waals surface area contributed by atoms with Crippen LogP contribution in [0.5, 0.6) is 5.75 Å². The van der Waals surface area contributed by atoms with E-state index in [0.717, 1.165) is 29.8 Å². The zero-order chi connectivity index (χ0) is 14.1. The lowest BCUT2D eigenvalue weighted by Gasteiger charge is -2.17. The van der Waals surface area contributed by atoms with Crippen molar-refractivity contribution in [2.75, 3.05) is 5.73 Å². The SMILES string of the molecule is Cc1cccc(OC2CCCC2)c1-c1cc(N)n(C)n1. The lowest BCUT2D eigenvalue weighted by molar-refractivity contribution is 0.211. The minimum absolute atomic E-state index is 0.344. The molecule has 1 fully saturated rings. The van der Waals surface area contributed by atoms with Gasteiger partial charge in [0.05, 0.1) is 11.8 Å². The summed E-state index contributed by atoms with van der Waals surface area (Å²) in [4.78, 5) is 0. The summed E-state index contributed by atoms with van der Waals surface area (Å²) in [5.41, 5.74) is 9.01. The van der Waals surface area contributed by atoms with Gasteiger partial charge < -0.3 is 10.5 Å². The lowest BCUT2D eigenvalue weighted by atomic mass is 10.0. The van der Waals surface area contributed by atoms with Crippen molar-refractivity contribution in [2.45, 2.75) is 38.7 Å². The first-order chi connectivity index (χ1) is 9.65. The van der Waals surface area contributed by atoms with Gasteiger partial charge in [-0.15, -0.1) is 0 Å². The lowest BCUT2D eigenvalue weighted by Crippen LogP contribution is -2.11. The minimum Gasteiger partial charge on any atom is -0.490 e. The van der Waals surface area contributed by atoms with Crippen molar-refractivity contribution < 1.29 is 4.74 Å². The zero-order valence-corrected chi connectivity index (χ0v) is 12.1. The topological polar surface area (TPSA) is 53.1 Å². The molecular weight excluding hydrogens is 250 g/mol. The van der Waals surface area contributed by atoms with E-state index in [2.05, 4.69) is 18.1 Å². The highest BCUT2D eigenvalue weighted by atomic mass is 16.5. The summed E-state index contributed by atoms with van der Waals surface area (Å²) in [5, 5.41) is 4.49. The number of rotatable bonds is 3. The van der Waals surface area contributed by atoms with E-state index < -0.39 is 0 Å². The molecule has 1 saturated carbocycles. The number of ether oxygens (including phenoxy) is 1. The maximum Gasteiger partial charge on any atom is 0.129 e. The Labute approximate surface area is 119 Å². The van der Waals surface area contributed by atoms with Crippen LogP contribution in [0.25, 0.3) is 11.3 Å². The predicted octanol–water partition coefficient (Wildman–Crippen LogP) is 3.30. The molecule has 0 spiro atoms. The van der Waals surface area contributed by atoms with E-state index in [0.29, 0.717) is 11.9 Å². The molecule has 1 aromatic carbocycles. The number of benzene rings is 1. The molecule has 4 nitrogen and oxygen atoms in total. The third-order valence-corrected chi connectivity index (χ3v) is 4.00. The van der Waals surface area contributed by atoms with Crippen LogP contribution in [-0.4, -0.2) is 15.9 Å². The van der Waals surface area contributed by atoms with E-state index in [9.17, 15) is 0 Å². The van der Waals surface area contributed by atoms with Crippen LogP contribution in [0.3, 0.4) is 0 Å². The fourth-order valence-electron chi connectivity index (χ4n) is 2.86. The second-order valence-corrected chi connectivity index (χ2v) is 5.55. The third-order valence-electron chi connectivity index (χ3n) is 4.00. The zero-order valence-electron chi connectivity index (χ0n) is 12.1. The molecule has 0 aliphatic heterocycles. The molecule has 106 valence electrons. The normalized spacial score (nSPS) is 15.7. The second kappa shape index (κ2) is 5.19. The monoisotopic (exact) mass is 271 g/mol. The Bertz CT molecular complexity index is 593. The van der Waals surface area contributed by atoms with Gasteiger partial charge in [0.2, 0.25) is 0 Å². The van der Waals surface area contributed by atoms with Gasteiger partial charge in [-0.1, -0.05) is 12.1 Å². The molecule has 4 heteroatoms. The fourth-order valence-corrected chi connectivity index (χ4v) is 2.86. The molecule has 1 aliphatic rings. The Kier molecular flexibility index (Phi) is 3.38.